The van der Waals surface area contributed by atoms with E-state index < -0.39 is 35.6 Å². The lowest BCUT2D eigenvalue weighted by Gasteiger charge is -2.21. The standard InChI is InChI=1S/C19H12FN3O6/c20-9-2-4-12-13(6-9)22-15(21-12)7-14(19(28)29)23-16(24)10-3-1-8(18(26)27)5-11(10)17(23)25/h1-6,14H,7H2,(H,21,22)(H,26,27)(H,28,29). The number of carbonyl (C=O) groups excluding carboxylic acids is 2. The molecule has 2 heterocycles. The zero-order chi connectivity index (χ0) is 20.9. The third-order valence-corrected chi connectivity index (χ3v) is 4.64. The largest absolute Gasteiger partial charge is 0.480 e. The molecule has 2 amide bonds. The Morgan fingerprint density at radius 3 is 2.48 bits per heavy atom. The second-order valence-electron chi connectivity index (χ2n) is 6.45. The summed E-state index contributed by atoms with van der Waals surface area (Å²) >= 11 is 0. The van der Waals surface area contributed by atoms with E-state index in [9.17, 15) is 28.7 Å². The van der Waals surface area contributed by atoms with Crippen molar-refractivity contribution >= 4 is 34.8 Å². The quantitative estimate of drug-likeness (QED) is 0.557. The molecule has 1 aliphatic rings. The number of aromatic amines is 1. The van der Waals surface area contributed by atoms with Crippen LogP contribution >= 0.6 is 0 Å². The van der Waals surface area contributed by atoms with E-state index in [1.165, 1.54) is 30.3 Å². The van der Waals surface area contributed by atoms with Gasteiger partial charge in [-0.1, -0.05) is 0 Å². The molecule has 1 aromatic heterocycles. The van der Waals surface area contributed by atoms with Gasteiger partial charge in [-0.05, 0) is 36.4 Å². The lowest BCUT2D eigenvalue weighted by atomic mass is 10.1. The summed E-state index contributed by atoms with van der Waals surface area (Å²) < 4.78 is 13.3. The number of aromatic carboxylic acids is 1. The molecule has 0 radical (unpaired) electrons. The van der Waals surface area contributed by atoms with Crippen LogP contribution in [-0.2, 0) is 11.2 Å². The maximum atomic E-state index is 13.3. The number of carboxylic acid groups (broad SMARTS) is 2. The van der Waals surface area contributed by atoms with E-state index in [-0.39, 0.29) is 28.9 Å². The van der Waals surface area contributed by atoms with Crippen molar-refractivity contribution in [1.29, 1.82) is 0 Å². The van der Waals surface area contributed by atoms with Crippen molar-refractivity contribution in [2.75, 3.05) is 0 Å². The number of benzene rings is 2. The molecule has 3 N–H and O–H groups in total. The number of nitrogens with zero attached hydrogens (tertiary/aromatic N) is 2. The van der Waals surface area contributed by atoms with Gasteiger partial charge in [0.25, 0.3) is 11.8 Å². The Hall–Kier alpha value is -4.08. The number of fused-ring (bicyclic) bond motifs is 2. The van der Waals surface area contributed by atoms with Gasteiger partial charge in [-0.15, -0.1) is 0 Å². The first-order valence-corrected chi connectivity index (χ1v) is 8.38. The van der Waals surface area contributed by atoms with Crippen LogP contribution in [0.15, 0.2) is 36.4 Å². The van der Waals surface area contributed by atoms with Crippen LogP contribution in [0.2, 0.25) is 0 Å². The van der Waals surface area contributed by atoms with Crippen LogP contribution < -0.4 is 0 Å². The molecule has 1 aliphatic heterocycles. The number of carboxylic acids is 2. The molecule has 2 aromatic carbocycles. The second-order valence-corrected chi connectivity index (χ2v) is 6.45. The van der Waals surface area contributed by atoms with Crippen LogP contribution in [0.25, 0.3) is 11.0 Å². The number of hydrogen-bond acceptors (Lipinski definition) is 5. The Kier molecular flexibility index (Phi) is 4.11. The third-order valence-electron chi connectivity index (χ3n) is 4.64. The first-order valence-electron chi connectivity index (χ1n) is 8.38. The summed E-state index contributed by atoms with van der Waals surface area (Å²) in [6, 6.07) is 5.61. The summed E-state index contributed by atoms with van der Waals surface area (Å²) in [6.07, 6.45) is -0.330. The summed E-state index contributed by atoms with van der Waals surface area (Å²) in [7, 11) is 0. The fourth-order valence-electron chi connectivity index (χ4n) is 3.28. The maximum absolute atomic E-state index is 13.3. The maximum Gasteiger partial charge on any atom is 0.335 e. The van der Waals surface area contributed by atoms with E-state index in [4.69, 9.17) is 5.11 Å². The number of imidazole rings is 1. The van der Waals surface area contributed by atoms with Crippen LogP contribution in [-0.4, -0.2) is 54.9 Å². The van der Waals surface area contributed by atoms with Gasteiger partial charge in [-0.3, -0.25) is 14.5 Å². The zero-order valence-electron chi connectivity index (χ0n) is 14.5. The molecule has 1 unspecified atom stereocenters. The number of amides is 2. The summed E-state index contributed by atoms with van der Waals surface area (Å²) in [5, 5.41) is 18.7. The highest BCUT2D eigenvalue weighted by Crippen LogP contribution is 2.27. The van der Waals surface area contributed by atoms with Crippen molar-refractivity contribution in [1.82, 2.24) is 14.9 Å². The van der Waals surface area contributed by atoms with E-state index in [0.717, 1.165) is 6.07 Å². The Morgan fingerprint density at radius 2 is 1.79 bits per heavy atom. The molecule has 0 saturated carbocycles. The fourth-order valence-corrected chi connectivity index (χ4v) is 3.28. The topological polar surface area (TPSA) is 141 Å². The smallest absolute Gasteiger partial charge is 0.335 e. The summed E-state index contributed by atoms with van der Waals surface area (Å²) in [6.45, 7) is 0. The summed E-state index contributed by atoms with van der Waals surface area (Å²) in [5.74, 6) is -4.81. The number of carbonyl (C=O) groups is 4. The molecule has 0 aliphatic carbocycles. The molecular weight excluding hydrogens is 385 g/mol. The molecule has 4 rings (SSSR count). The molecule has 1 atom stereocenters. The van der Waals surface area contributed by atoms with Gasteiger partial charge in [0.15, 0.2) is 0 Å². The van der Waals surface area contributed by atoms with E-state index in [1.54, 1.807) is 0 Å². The van der Waals surface area contributed by atoms with Crippen molar-refractivity contribution in [3.05, 3.63) is 64.7 Å². The molecule has 9 nitrogen and oxygen atoms in total. The van der Waals surface area contributed by atoms with Crippen molar-refractivity contribution in [3.63, 3.8) is 0 Å². The zero-order valence-corrected chi connectivity index (χ0v) is 14.5. The predicted molar refractivity (Wildman–Crippen MR) is 95.1 cm³/mol. The van der Waals surface area contributed by atoms with E-state index in [1.807, 2.05) is 0 Å². The van der Waals surface area contributed by atoms with E-state index in [2.05, 4.69) is 9.97 Å². The molecule has 29 heavy (non-hydrogen) atoms. The van der Waals surface area contributed by atoms with Crippen LogP contribution in [0.3, 0.4) is 0 Å². The number of halogens is 1. The van der Waals surface area contributed by atoms with Crippen molar-refractivity contribution in [3.8, 4) is 0 Å². The van der Waals surface area contributed by atoms with E-state index >= 15 is 0 Å². The van der Waals surface area contributed by atoms with Gasteiger partial charge >= 0.3 is 11.9 Å². The minimum Gasteiger partial charge on any atom is -0.480 e. The highest BCUT2D eigenvalue weighted by Gasteiger charge is 2.43. The Morgan fingerprint density at radius 1 is 1.07 bits per heavy atom. The van der Waals surface area contributed by atoms with Crippen molar-refractivity contribution < 1.29 is 33.8 Å². The van der Waals surface area contributed by atoms with Crippen LogP contribution in [0.5, 0.6) is 0 Å². The first kappa shape index (κ1) is 18.3. The molecule has 146 valence electrons. The Balaban J connectivity index is 1.69. The lowest BCUT2D eigenvalue weighted by molar-refractivity contribution is -0.141. The highest BCUT2D eigenvalue weighted by atomic mass is 19.1. The Bertz CT molecular complexity index is 1220. The molecular formula is C19H12FN3O6. The molecule has 0 saturated heterocycles. The highest BCUT2D eigenvalue weighted by molar-refractivity contribution is 6.23. The molecule has 0 fully saturated rings. The van der Waals surface area contributed by atoms with Gasteiger partial charge in [0.2, 0.25) is 0 Å². The molecule has 10 heteroatoms. The molecule has 3 aromatic rings. The van der Waals surface area contributed by atoms with Gasteiger partial charge in [-0.2, -0.15) is 0 Å². The number of imide groups is 1. The van der Waals surface area contributed by atoms with Gasteiger partial charge in [0.05, 0.1) is 27.7 Å². The predicted octanol–water partition coefficient (Wildman–Crippen LogP) is 1.69. The summed E-state index contributed by atoms with van der Waals surface area (Å²) in [5.41, 5.74) is 0.306. The SMILES string of the molecule is O=C(O)c1ccc2c(c1)C(=O)N(C(Cc1nc3ccc(F)cc3[nH]1)C(=O)O)C2=O. The number of nitrogens with one attached hydrogen (secondary N) is 1. The van der Waals surface area contributed by atoms with Crippen LogP contribution in [0, 0.1) is 5.82 Å². The second kappa shape index (κ2) is 6.51. The van der Waals surface area contributed by atoms with Crippen molar-refractivity contribution in [2.45, 2.75) is 12.5 Å². The first-order chi connectivity index (χ1) is 13.8. The van der Waals surface area contributed by atoms with Crippen molar-refractivity contribution in [2.24, 2.45) is 0 Å². The fraction of sp³-hybridized carbons (Fsp3) is 0.105. The summed E-state index contributed by atoms with van der Waals surface area (Å²) in [4.78, 5) is 55.8. The van der Waals surface area contributed by atoms with Gasteiger partial charge in [0.1, 0.15) is 17.7 Å². The number of hydrogen-bond donors (Lipinski definition) is 3. The van der Waals surface area contributed by atoms with Gasteiger partial charge < -0.3 is 15.2 Å². The minimum atomic E-state index is -1.58. The third kappa shape index (κ3) is 3.00. The number of H-pyrrole nitrogens is 1. The van der Waals surface area contributed by atoms with Gasteiger partial charge in [-0.25, -0.2) is 19.0 Å². The van der Waals surface area contributed by atoms with Crippen LogP contribution in [0.4, 0.5) is 4.39 Å². The minimum absolute atomic E-state index is 0.0714. The average Bonchev–Trinajstić information content (AvgIpc) is 3.17. The number of aliphatic carboxylic acids is 1. The number of aromatic nitrogens is 2. The Labute approximate surface area is 161 Å². The lowest BCUT2D eigenvalue weighted by Crippen LogP contribution is -2.46. The molecule has 0 bridgehead atoms. The normalized spacial score (nSPS) is 14.3. The monoisotopic (exact) mass is 397 g/mol. The number of rotatable bonds is 5. The average molecular weight is 397 g/mol. The molecule has 0 spiro atoms. The van der Waals surface area contributed by atoms with E-state index in [0.29, 0.717) is 15.9 Å². The van der Waals surface area contributed by atoms with Crippen LogP contribution in [0.1, 0.15) is 36.9 Å². The van der Waals surface area contributed by atoms with Gasteiger partial charge in [0, 0.05) is 6.42 Å².